The molecule has 0 bridgehead atoms. The minimum absolute atomic E-state index is 0.181. The topological polar surface area (TPSA) is 52.6 Å². The maximum absolute atomic E-state index is 11.6. The summed E-state index contributed by atoms with van der Waals surface area (Å²) in [4.78, 5) is 22.2. The fourth-order valence-electron chi connectivity index (χ4n) is 1.93. The van der Waals surface area contributed by atoms with Crippen LogP contribution in [0.4, 0.5) is 0 Å². The van der Waals surface area contributed by atoms with Crippen LogP contribution >= 0.6 is 0 Å². The van der Waals surface area contributed by atoms with Crippen LogP contribution in [0.2, 0.25) is 0 Å². The molecule has 2 aromatic carbocycles. The van der Waals surface area contributed by atoms with Gasteiger partial charge in [0.1, 0.15) is 12.0 Å². The van der Waals surface area contributed by atoms with E-state index in [9.17, 15) is 9.59 Å². The van der Waals surface area contributed by atoms with E-state index >= 15 is 0 Å². The molecule has 0 aliphatic heterocycles. The van der Waals surface area contributed by atoms with Crippen LogP contribution in [0.3, 0.4) is 0 Å². The minimum atomic E-state index is -0.289. The lowest BCUT2D eigenvalue weighted by Gasteiger charge is -2.07. The summed E-state index contributed by atoms with van der Waals surface area (Å²) in [5.74, 6) is 0.282. The molecule has 0 aliphatic carbocycles. The van der Waals surface area contributed by atoms with Crippen LogP contribution in [0.1, 0.15) is 22.3 Å². The van der Waals surface area contributed by atoms with Crippen LogP contribution in [0.15, 0.2) is 54.6 Å². The Bertz CT molecular complexity index is 607. The zero-order valence-electron chi connectivity index (χ0n) is 12.2. The van der Waals surface area contributed by atoms with Crippen molar-refractivity contribution in [3.63, 3.8) is 0 Å². The minimum Gasteiger partial charge on any atom is -0.493 e. The van der Waals surface area contributed by atoms with Crippen LogP contribution in [0.25, 0.3) is 0 Å². The molecule has 0 unspecified atom stereocenters. The highest BCUT2D eigenvalue weighted by molar-refractivity contribution is 5.75. The zero-order chi connectivity index (χ0) is 15.6. The number of hydrogen-bond donors (Lipinski definition) is 0. The molecule has 0 aromatic heterocycles. The molecule has 0 amide bonds. The van der Waals surface area contributed by atoms with Gasteiger partial charge in [0, 0.05) is 12.0 Å². The first-order valence-electron chi connectivity index (χ1n) is 7.15. The highest BCUT2D eigenvalue weighted by atomic mass is 16.5. The number of rotatable bonds is 8. The number of ether oxygens (including phenoxy) is 2. The van der Waals surface area contributed by atoms with Gasteiger partial charge in [-0.15, -0.1) is 0 Å². The quantitative estimate of drug-likeness (QED) is 0.555. The Morgan fingerprint density at radius 1 is 1.00 bits per heavy atom. The highest BCUT2D eigenvalue weighted by Crippen LogP contribution is 2.12. The van der Waals surface area contributed by atoms with Crippen LogP contribution in [0.5, 0.6) is 5.75 Å². The Kier molecular flexibility index (Phi) is 6.18. The average Bonchev–Trinajstić information content (AvgIpc) is 2.56. The Balaban J connectivity index is 1.64. The summed E-state index contributed by atoms with van der Waals surface area (Å²) in [6.07, 6.45) is 1.64. The van der Waals surface area contributed by atoms with Crippen molar-refractivity contribution in [2.45, 2.75) is 12.8 Å². The molecule has 22 heavy (non-hydrogen) atoms. The average molecular weight is 298 g/mol. The predicted octanol–water partition coefficient (Wildman–Crippen LogP) is 3.05. The second kappa shape index (κ2) is 8.62. The number of benzene rings is 2. The Hall–Kier alpha value is -2.62. The highest BCUT2D eigenvalue weighted by Gasteiger charge is 2.04. The van der Waals surface area contributed by atoms with Crippen LogP contribution < -0.4 is 4.74 Å². The van der Waals surface area contributed by atoms with E-state index in [1.54, 1.807) is 24.3 Å². The third kappa shape index (κ3) is 5.40. The first kappa shape index (κ1) is 15.8. The molecule has 0 fully saturated rings. The molecule has 0 N–H and O–H groups in total. The Labute approximate surface area is 129 Å². The van der Waals surface area contributed by atoms with Gasteiger partial charge in [-0.25, -0.2) is 0 Å². The smallest absolute Gasteiger partial charge is 0.309 e. The van der Waals surface area contributed by atoms with E-state index in [-0.39, 0.29) is 19.0 Å². The van der Waals surface area contributed by atoms with Crippen molar-refractivity contribution in [3.05, 3.63) is 65.7 Å². The van der Waals surface area contributed by atoms with Gasteiger partial charge in [-0.2, -0.15) is 0 Å². The standard InChI is InChI=1S/C18H18O4/c19-14-16-7-4-8-17(13-16)21-12-10-18(20)22-11-9-15-5-2-1-3-6-15/h1-8,13-14H,9-12H2. The molecule has 0 saturated heterocycles. The van der Waals surface area contributed by atoms with E-state index in [4.69, 9.17) is 9.47 Å². The van der Waals surface area contributed by atoms with Crippen molar-refractivity contribution in [3.8, 4) is 5.75 Å². The second-order valence-electron chi connectivity index (χ2n) is 4.74. The summed E-state index contributed by atoms with van der Waals surface area (Å²) in [7, 11) is 0. The predicted molar refractivity (Wildman–Crippen MR) is 83.0 cm³/mol. The Morgan fingerprint density at radius 2 is 1.82 bits per heavy atom. The number of hydrogen-bond acceptors (Lipinski definition) is 4. The van der Waals surface area contributed by atoms with Crippen molar-refractivity contribution >= 4 is 12.3 Å². The van der Waals surface area contributed by atoms with E-state index < -0.39 is 0 Å². The number of carbonyl (C=O) groups is 2. The van der Waals surface area contributed by atoms with Gasteiger partial charge in [0.15, 0.2) is 0 Å². The van der Waals surface area contributed by atoms with Gasteiger partial charge in [-0.1, -0.05) is 42.5 Å². The van der Waals surface area contributed by atoms with Gasteiger partial charge in [0.05, 0.1) is 19.6 Å². The van der Waals surface area contributed by atoms with E-state index in [2.05, 4.69) is 0 Å². The summed E-state index contributed by atoms with van der Waals surface area (Å²) in [5, 5.41) is 0. The third-order valence-electron chi connectivity index (χ3n) is 3.07. The normalized spacial score (nSPS) is 10.0. The van der Waals surface area contributed by atoms with Crippen LogP contribution in [-0.2, 0) is 16.0 Å². The van der Waals surface area contributed by atoms with Crippen molar-refractivity contribution in [2.24, 2.45) is 0 Å². The lowest BCUT2D eigenvalue weighted by atomic mass is 10.2. The maximum atomic E-state index is 11.6. The van der Waals surface area contributed by atoms with E-state index in [0.717, 1.165) is 11.8 Å². The largest absolute Gasteiger partial charge is 0.493 e. The molecule has 0 heterocycles. The number of aldehydes is 1. The summed E-state index contributed by atoms with van der Waals surface area (Å²) in [6, 6.07) is 16.7. The van der Waals surface area contributed by atoms with Crippen molar-refractivity contribution in [1.82, 2.24) is 0 Å². The first-order valence-corrected chi connectivity index (χ1v) is 7.15. The summed E-state index contributed by atoms with van der Waals surface area (Å²) in [5.41, 5.74) is 1.68. The summed E-state index contributed by atoms with van der Waals surface area (Å²) < 4.78 is 10.6. The van der Waals surface area contributed by atoms with Crippen LogP contribution in [-0.4, -0.2) is 25.5 Å². The molecule has 0 spiro atoms. The second-order valence-corrected chi connectivity index (χ2v) is 4.74. The van der Waals surface area contributed by atoms with Gasteiger partial charge in [0.25, 0.3) is 0 Å². The van der Waals surface area contributed by atoms with Gasteiger partial charge in [-0.05, 0) is 17.7 Å². The van der Waals surface area contributed by atoms with Gasteiger partial charge < -0.3 is 9.47 Å². The van der Waals surface area contributed by atoms with Crippen molar-refractivity contribution < 1.29 is 19.1 Å². The van der Waals surface area contributed by atoms with Crippen LogP contribution in [0, 0.1) is 0 Å². The van der Waals surface area contributed by atoms with E-state index in [0.29, 0.717) is 24.3 Å². The van der Waals surface area contributed by atoms with Gasteiger partial charge in [-0.3, -0.25) is 9.59 Å². The third-order valence-corrected chi connectivity index (χ3v) is 3.07. The van der Waals surface area contributed by atoms with E-state index in [1.165, 1.54) is 0 Å². The number of esters is 1. The molecule has 0 saturated carbocycles. The fourth-order valence-corrected chi connectivity index (χ4v) is 1.93. The maximum Gasteiger partial charge on any atom is 0.309 e. The summed E-state index contributed by atoms with van der Waals surface area (Å²) in [6.45, 7) is 0.593. The first-order chi connectivity index (χ1) is 10.8. The molecular formula is C18H18O4. The molecule has 114 valence electrons. The number of carbonyl (C=O) groups excluding carboxylic acids is 2. The molecule has 4 nitrogen and oxygen atoms in total. The Morgan fingerprint density at radius 3 is 2.59 bits per heavy atom. The molecule has 4 heteroatoms. The molecule has 2 rings (SSSR count). The molecule has 0 aliphatic rings. The fraction of sp³-hybridized carbons (Fsp3) is 0.222. The van der Waals surface area contributed by atoms with E-state index in [1.807, 2.05) is 30.3 Å². The van der Waals surface area contributed by atoms with Gasteiger partial charge >= 0.3 is 5.97 Å². The SMILES string of the molecule is O=Cc1cccc(OCCC(=O)OCCc2ccccc2)c1. The lowest BCUT2D eigenvalue weighted by Crippen LogP contribution is -2.11. The summed E-state index contributed by atoms with van der Waals surface area (Å²) >= 11 is 0. The van der Waals surface area contributed by atoms with Gasteiger partial charge in [0.2, 0.25) is 0 Å². The molecule has 0 atom stereocenters. The van der Waals surface area contributed by atoms with Crippen molar-refractivity contribution in [1.29, 1.82) is 0 Å². The molecule has 0 radical (unpaired) electrons. The molecular weight excluding hydrogens is 280 g/mol. The lowest BCUT2D eigenvalue weighted by molar-refractivity contribution is -0.144. The monoisotopic (exact) mass is 298 g/mol. The zero-order valence-corrected chi connectivity index (χ0v) is 12.2. The molecule has 2 aromatic rings. The van der Waals surface area contributed by atoms with Crippen molar-refractivity contribution in [2.75, 3.05) is 13.2 Å².